The Morgan fingerprint density at radius 3 is 2.58 bits per heavy atom. The van der Waals surface area contributed by atoms with Gasteiger partial charge in [0.15, 0.2) is 5.75 Å². The molecule has 0 spiro atoms. The van der Waals surface area contributed by atoms with Crippen molar-refractivity contribution in [2.75, 3.05) is 18.5 Å². The molecule has 2 aromatic carbocycles. The van der Waals surface area contributed by atoms with Gasteiger partial charge in [0.1, 0.15) is 24.7 Å². The van der Waals surface area contributed by atoms with Crippen LogP contribution in [0.3, 0.4) is 0 Å². The SMILES string of the molecule is C#CCOc1c(Cl)cc(/C=C2/NC(=O)N(CC(=O)Nc3ccccc3F)C2=O)cc1Cl. The molecule has 2 N–H and O–H groups in total. The Morgan fingerprint density at radius 1 is 1.26 bits per heavy atom. The van der Waals surface area contributed by atoms with E-state index in [-0.39, 0.29) is 33.8 Å². The summed E-state index contributed by atoms with van der Waals surface area (Å²) in [6.45, 7) is -0.630. The van der Waals surface area contributed by atoms with Crippen molar-refractivity contribution in [2.45, 2.75) is 0 Å². The van der Waals surface area contributed by atoms with Crippen molar-refractivity contribution in [3.8, 4) is 18.1 Å². The highest BCUT2D eigenvalue weighted by atomic mass is 35.5. The van der Waals surface area contributed by atoms with E-state index in [4.69, 9.17) is 34.4 Å². The molecule has 0 aromatic heterocycles. The average Bonchev–Trinajstić information content (AvgIpc) is 2.96. The van der Waals surface area contributed by atoms with Gasteiger partial charge in [0, 0.05) is 0 Å². The summed E-state index contributed by atoms with van der Waals surface area (Å²) >= 11 is 12.3. The van der Waals surface area contributed by atoms with Crippen molar-refractivity contribution < 1.29 is 23.5 Å². The van der Waals surface area contributed by atoms with E-state index in [1.165, 1.54) is 42.5 Å². The number of hydrogen-bond donors (Lipinski definition) is 2. The lowest BCUT2D eigenvalue weighted by atomic mass is 10.1. The molecular formula is C21H14Cl2FN3O4. The number of carbonyl (C=O) groups is 3. The van der Waals surface area contributed by atoms with E-state index in [1.807, 2.05) is 0 Å². The van der Waals surface area contributed by atoms with Crippen LogP contribution < -0.4 is 15.4 Å². The molecule has 0 aliphatic carbocycles. The number of carbonyl (C=O) groups excluding carboxylic acids is 3. The minimum atomic E-state index is -0.800. The fraction of sp³-hybridized carbons (Fsp3) is 0.0952. The number of halogens is 3. The van der Waals surface area contributed by atoms with Crippen LogP contribution in [0, 0.1) is 18.2 Å². The summed E-state index contributed by atoms with van der Waals surface area (Å²) in [6, 6.07) is 7.67. The highest BCUT2D eigenvalue weighted by Crippen LogP contribution is 2.35. The first kappa shape index (κ1) is 22.2. The Bertz CT molecular complexity index is 1120. The van der Waals surface area contributed by atoms with E-state index in [0.29, 0.717) is 10.5 Å². The summed E-state index contributed by atoms with van der Waals surface area (Å²) in [6.07, 6.45) is 6.49. The molecule has 4 amide bonds. The number of hydrogen-bond acceptors (Lipinski definition) is 4. The number of terminal acetylenes is 1. The predicted octanol–water partition coefficient (Wildman–Crippen LogP) is 3.68. The molecule has 0 atom stereocenters. The molecule has 1 saturated heterocycles. The first-order valence-electron chi connectivity index (χ1n) is 8.74. The first-order chi connectivity index (χ1) is 14.8. The van der Waals surface area contributed by atoms with Crippen LogP contribution in [0.5, 0.6) is 5.75 Å². The fourth-order valence-electron chi connectivity index (χ4n) is 2.69. The minimum absolute atomic E-state index is 0.0294. The lowest BCUT2D eigenvalue weighted by Gasteiger charge is -2.12. The van der Waals surface area contributed by atoms with E-state index in [2.05, 4.69) is 16.6 Å². The highest BCUT2D eigenvalue weighted by molar-refractivity contribution is 6.37. The molecule has 0 radical (unpaired) electrons. The van der Waals surface area contributed by atoms with Gasteiger partial charge in [-0.3, -0.25) is 9.59 Å². The summed E-state index contributed by atoms with van der Waals surface area (Å²) in [5.74, 6) is 0.359. The molecule has 1 aliphatic rings. The number of rotatable bonds is 6. The maximum absolute atomic E-state index is 13.7. The molecule has 158 valence electrons. The summed E-state index contributed by atoms with van der Waals surface area (Å²) in [7, 11) is 0. The standard InChI is InChI=1S/C21H14Cl2FN3O4/c1-2-7-31-19-13(22)8-12(9-14(19)23)10-17-20(29)27(21(30)26-17)11-18(28)25-16-6-4-3-5-15(16)24/h1,3-6,8-10H,7,11H2,(H,25,28)(H,26,30)/b17-10+. The number of nitrogens with one attached hydrogen (secondary N) is 2. The third-order valence-electron chi connectivity index (χ3n) is 4.04. The number of nitrogens with zero attached hydrogens (tertiary/aromatic N) is 1. The number of anilines is 1. The van der Waals surface area contributed by atoms with Crippen molar-refractivity contribution in [3.63, 3.8) is 0 Å². The van der Waals surface area contributed by atoms with Crippen molar-refractivity contribution in [1.29, 1.82) is 0 Å². The Hall–Kier alpha value is -3.54. The Balaban J connectivity index is 1.74. The van der Waals surface area contributed by atoms with Gasteiger partial charge in [-0.2, -0.15) is 0 Å². The Labute approximate surface area is 186 Å². The molecule has 10 heteroatoms. The zero-order valence-electron chi connectivity index (χ0n) is 15.7. The monoisotopic (exact) mass is 461 g/mol. The summed E-state index contributed by atoms with van der Waals surface area (Å²) in [4.78, 5) is 37.6. The normalized spacial score (nSPS) is 14.4. The van der Waals surface area contributed by atoms with Gasteiger partial charge in [0.2, 0.25) is 5.91 Å². The van der Waals surface area contributed by atoms with Crippen LogP contribution in [0.2, 0.25) is 10.0 Å². The fourth-order valence-corrected chi connectivity index (χ4v) is 3.31. The molecule has 0 saturated carbocycles. The number of para-hydroxylation sites is 1. The first-order valence-corrected chi connectivity index (χ1v) is 9.50. The molecular weight excluding hydrogens is 448 g/mol. The number of imide groups is 1. The van der Waals surface area contributed by atoms with Gasteiger partial charge in [-0.25, -0.2) is 14.1 Å². The maximum atomic E-state index is 13.7. The number of urea groups is 1. The third kappa shape index (κ3) is 5.15. The molecule has 7 nitrogen and oxygen atoms in total. The largest absolute Gasteiger partial charge is 0.478 e. The Morgan fingerprint density at radius 2 is 1.94 bits per heavy atom. The number of benzene rings is 2. The molecule has 1 fully saturated rings. The van der Waals surface area contributed by atoms with Gasteiger partial charge in [0.05, 0.1) is 15.7 Å². The zero-order chi connectivity index (χ0) is 22.5. The molecule has 0 bridgehead atoms. The molecule has 1 heterocycles. The van der Waals surface area contributed by atoms with Gasteiger partial charge in [0.25, 0.3) is 5.91 Å². The van der Waals surface area contributed by atoms with Crippen LogP contribution >= 0.6 is 23.2 Å². The van der Waals surface area contributed by atoms with Crippen LogP contribution in [0.15, 0.2) is 42.1 Å². The molecule has 1 aliphatic heterocycles. The van der Waals surface area contributed by atoms with Gasteiger partial charge in [-0.1, -0.05) is 41.3 Å². The number of ether oxygens (including phenoxy) is 1. The van der Waals surface area contributed by atoms with Gasteiger partial charge >= 0.3 is 6.03 Å². The Kier molecular flexibility index (Phi) is 6.80. The van der Waals surface area contributed by atoms with Crippen molar-refractivity contribution >= 4 is 52.8 Å². The van der Waals surface area contributed by atoms with Gasteiger partial charge in [-0.05, 0) is 35.9 Å². The van der Waals surface area contributed by atoms with E-state index in [9.17, 15) is 18.8 Å². The van der Waals surface area contributed by atoms with Crippen molar-refractivity contribution in [3.05, 3.63) is 63.5 Å². The lowest BCUT2D eigenvalue weighted by molar-refractivity contribution is -0.127. The van der Waals surface area contributed by atoms with Gasteiger partial charge < -0.3 is 15.4 Å². The second-order valence-electron chi connectivity index (χ2n) is 6.21. The minimum Gasteiger partial charge on any atom is -0.478 e. The maximum Gasteiger partial charge on any atom is 0.329 e. The predicted molar refractivity (Wildman–Crippen MR) is 114 cm³/mol. The summed E-state index contributed by atoms with van der Waals surface area (Å²) < 4.78 is 18.9. The van der Waals surface area contributed by atoms with Crippen LogP contribution in [0.1, 0.15) is 5.56 Å². The van der Waals surface area contributed by atoms with Crippen molar-refractivity contribution in [1.82, 2.24) is 10.2 Å². The highest BCUT2D eigenvalue weighted by Gasteiger charge is 2.35. The molecule has 31 heavy (non-hydrogen) atoms. The third-order valence-corrected chi connectivity index (χ3v) is 4.60. The van der Waals surface area contributed by atoms with Crippen molar-refractivity contribution in [2.24, 2.45) is 0 Å². The van der Waals surface area contributed by atoms with E-state index in [0.717, 1.165) is 0 Å². The number of amides is 4. The van der Waals surface area contributed by atoms with Crippen LogP contribution in [-0.2, 0) is 9.59 Å². The van der Waals surface area contributed by atoms with E-state index >= 15 is 0 Å². The van der Waals surface area contributed by atoms with E-state index in [1.54, 1.807) is 0 Å². The zero-order valence-corrected chi connectivity index (χ0v) is 17.3. The smallest absolute Gasteiger partial charge is 0.329 e. The van der Waals surface area contributed by atoms with Crippen LogP contribution in [0.25, 0.3) is 6.08 Å². The molecule has 3 rings (SSSR count). The average molecular weight is 462 g/mol. The quantitative estimate of drug-likeness (QED) is 0.390. The van der Waals surface area contributed by atoms with E-state index < -0.39 is 30.2 Å². The lowest BCUT2D eigenvalue weighted by Crippen LogP contribution is -2.38. The topological polar surface area (TPSA) is 87.7 Å². The van der Waals surface area contributed by atoms with Gasteiger partial charge in [-0.15, -0.1) is 6.42 Å². The second kappa shape index (κ2) is 9.51. The molecule has 2 aromatic rings. The summed E-state index contributed by atoms with van der Waals surface area (Å²) in [5, 5.41) is 5.00. The summed E-state index contributed by atoms with van der Waals surface area (Å²) in [5.41, 5.74) is 0.254. The van der Waals surface area contributed by atoms with Crippen LogP contribution in [-0.4, -0.2) is 35.9 Å². The molecule has 0 unspecified atom stereocenters. The van der Waals surface area contributed by atoms with Crippen LogP contribution in [0.4, 0.5) is 14.9 Å². The second-order valence-corrected chi connectivity index (χ2v) is 7.03.